The van der Waals surface area contributed by atoms with Crippen LogP contribution in [0.1, 0.15) is 36.9 Å². The van der Waals surface area contributed by atoms with Crippen LogP contribution in [0.2, 0.25) is 0 Å². The van der Waals surface area contributed by atoms with Gasteiger partial charge in [-0.1, -0.05) is 24.3 Å². The molecule has 2 N–H and O–H groups in total. The van der Waals surface area contributed by atoms with Gasteiger partial charge in [-0.2, -0.15) is 0 Å². The maximum Gasteiger partial charge on any atom is 0.306 e. The Morgan fingerprint density at radius 3 is 2.64 bits per heavy atom. The van der Waals surface area contributed by atoms with Crippen molar-refractivity contribution in [3.8, 4) is 0 Å². The minimum Gasteiger partial charge on any atom is -0.481 e. The number of fused-ring (bicyclic) bond motifs is 2. The van der Waals surface area contributed by atoms with Gasteiger partial charge in [0.1, 0.15) is 5.82 Å². The van der Waals surface area contributed by atoms with E-state index in [1.165, 1.54) is 6.07 Å². The molecule has 5 rings (SSSR count). The van der Waals surface area contributed by atoms with Gasteiger partial charge >= 0.3 is 5.97 Å². The first kappa shape index (κ1) is 21.6. The van der Waals surface area contributed by atoms with E-state index in [2.05, 4.69) is 27.0 Å². The van der Waals surface area contributed by atoms with Crippen LogP contribution in [0.3, 0.4) is 0 Å². The van der Waals surface area contributed by atoms with E-state index in [-0.39, 0.29) is 11.7 Å². The van der Waals surface area contributed by atoms with Crippen molar-refractivity contribution < 1.29 is 14.3 Å². The van der Waals surface area contributed by atoms with Gasteiger partial charge in [0.05, 0.1) is 23.7 Å². The molecule has 0 atom stereocenters. The number of benzene rings is 2. The molecule has 0 spiro atoms. The molecule has 0 amide bonds. The zero-order chi connectivity index (χ0) is 22.8. The van der Waals surface area contributed by atoms with E-state index in [0.717, 1.165) is 59.6 Å². The van der Waals surface area contributed by atoms with Crippen LogP contribution >= 0.6 is 0 Å². The van der Waals surface area contributed by atoms with E-state index in [9.17, 15) is 14.3 Å². The van der Waals surface area contributed by atoms with Crippen LogP contribution in [0.15, 0.2) is 60.9 Å². The average molecular weight is 446 g/mol. The lowest BCUT2D eigenvalue weighted by atomic mass is 9.82. The Morgan fingerprint density at radius 1 is 1.06 bits per heavy atom. The molecule has 0 aliphatic heterocycles. The third-order valence-electron chi connectivity index (χ3n) is 6.93. The molecule has 170 valence electrons. The van der Waals surface area contributed by atoms with Gasteiger partial charge in [-0.05, 0) is 67.8 Å². The summed E-state index contributed by atoms with van der Waals surface area (Å²) < 4.78 is 17.0. The minimum absolute atomic E-state index is 0.209. The maximum atomic E-state index is 14.9. The lowest BCUT2D eigenvalue weighted by Gasteiger charge is -2.26. The van der Waals surface area contributed by atoms with Gasteiger partial charge in [0, 0.05) is 35.3 Å². The van der Waals surface area contributed by atoms with Gasteiger partial charge in [-0.15, -0.1) is 0 Å². The molecule has 33 heavy (non-hydrogen) atoms. The Labute approximate surface area is 192 Å². The minimum atomic E-state index is -0.683. The molecule has 5 nitrogen and oxygen atoms in total. The van der Waals surface area contributed by atoms with Gasteiger partial charge < -0.3 is 15.0 Å². The number of carboxylic acids is 1. The summed E-state index contributed by atoms with van der Waals surface area (Å²) in [4.78, 5) is 15.8. The SMILES string of the molecule is O=C(O)[C@H]1CC[C@H](CNCc2c(F)ccc3ccn(Cc4cc5ccccc5cn4)c23)CC1. The van der Waals surface area contributed by atoms with E-state index in [4.69, 9.17) is 0 Å². The van der Waals surface area contributed by atoms with Gasteiger partial charge in [0.25, 0.3) is 0 Å². The maximum absolute atomic E-state index is 14.9. The Kier molecular flexibility index (Phi) is 6.09. The number of nitrogens with one attached hydrogen (secondary N) is 1. The monoisotopic (exact) mass is 445 g/mol. The number of halogens is 1. The Morgan fingerprint density at radius 2 is 1.85 bits per heavy atom. The predicted molar refractivity (Wildman–Crippen MR) is 128 cm³/mol. The van der Waals surface area contributed by atoms with Gasteiger partial charge in [0.15, 0.2) is 0 Å². The summed E-state index contributed by atoms with van der Waals surface area (Å²) in [7, 11) is 0. The number of pyridine rings is 1. The first-order valence-electron chi connectivity index (χ1n) is 11.6. The molecule has 6 heteroatoms. The van der Waals surface area contributed by atoms with Crippen molar-refractivity contribution in [1.29, 1.82) is 0 Å². The van der Waals surface area contributed by atoms with Crippen molar-refractivity contribution >= 4 is 27.6 Å². The van der Waals surface area contributed by atoms with Crippen LogP contribution in [0.4, 0.5) is 4.39 Å². The second-order valence-corrected chi connectivity index (χ2v) is 9.12. The fourth-order valence-corrected chi connectivity index (χ4v) is 5.05. The van der Waals surface area contributed by atoms with Crippen molar-refractivity contribution in [2.45, 2.75) is 38.8 Å². The van der Waals surface area contributed by atoms with Crippen LogP contribution in [0.25, 0.3) is 21.7 Å². The van der Waals surface area contributed by atoms with Crippen molar-refractivity contribution in [2.75, 3.05) is 6.54 Å². The van der Waals surface area contributed by atoms with E-state index in [1.807, 2.05) is 42.7 Å². The number of aliphatic carboxylic acids is 1. The molecule has 0 radical (unpaired) electrons. The number of nitrogens with zero attached hydrogens (tertiary/aromatic N) is 2. The number of aromatic nitrogens is 2. The Bertz CT molecular complexity index is 1290. The van der Waals surface area contributed by atoms with Crippen LogP contribution in [0, 0.1) is 17.7 Å². The van der Waals surface area contributed by atoms with Gasteiger partial charge in [0.2, 0.25) is 0 Å². The largest absolute Gasteiger partial charge is 0.481 e. The normalized spacial score (nSPS) is 18.7. The zero-order valence-electron chi connectivity index (χ0n) is 18.5. The summed E-state index contributed by atoms with van der Waals surface area (Å²) in [5, 5.41) is 15.9. The molecule has 0 unspecified atom stereocenters. The van der Waals surface area contributed by atoms with Crippen molar-refractivity contribution in [1.82, 2.24) is 14.9 Å². The smallest absolute Gasteiger partial charge is 0.306 e. The topological polar surface area (TPSA) is 67.2 Å². The highest BCUT2D eigenvalue weighted by Gasteiger charge is 2.25. The highest BCUT2D eigenvalue weighted by Crippen LogP contribution is 2.29. The summed E-state index contributed by atoms with van der Waals surface area (Å²) in [6.45, 7) is 1.79. The summed E-state index contributed by atoms with van der Waals surface area (Å²) in [5.74, 6) is -0.663. The fraction of sp³-hybridized carbons (Fsp3) is 0.333. The summed E-state index contributed by atoms with van der Waals surface area (Å²) in [6, 6.07) is 15.6. The van der Waals surface area contributed by atoms with Gasteiger partial charge in [-0.3, -0.25) is 9.78 Å². The number of hydrogen-bond acceptors (Lipinski definition) is 3. The second kappa shape index (κ2) is 9.32. The molecular formula is C27H28FN3O2. The standard InChI is InChI=1S/C27H28FN3O2/c28-25-10-9-19-11-12-31(17-23-13-21-3-1-2-4-22(21)15-30-23)26(19)24(25)16-29-14-18-5-7-20(8-6-18)27(32)33/h1-4,9-13,15,18,20,29H,5-8,14,16-17H2,(H,32,33)/t18-,20-. The third-order valence-corrected chi connectivity index (χ3v) is 6.93. The third kappa shape index (κ3) is 4.62. The highest BCUT2D eigenvalue weighted by molar-refractivity contribution is 5.84. The second-order valence-electron chi connectivity index (χ2n) is 9.12. The lowest BCUT2D eigenvalue weighted by Crippen LogP contribution is -2.28. The van der Waals surface area contributed by atoms with E-state index in [0.29, 0.717) is 24.6 Å². The van der Waals surface area contributed by atoms with Crippen LogP contribution in [-0.4, -0.2) is 27.2 Å². The molecule has 1 fully saturated rings. The van der Waals surface area contributed by atoms with Crippen molar-refractivity contribution in [3.63, 3.8) is 0 Å². The molecular weight excluding hydrogens is 417 g/mol. The van der Waals surface area contributed by atoms with Crippen molar-refractivity contribution in [3.05, 3.63) is 78.0 Å². The molecule has 0 saturated heterocycles. The van der Waals surface area contributed by atoms with Gasteiger partial charge in [-0.25, -0.2) is 4.39 Å². The number of hydrogen-bond donors (Lipinski definition) is 2. The predicted octanol–water partition coefficient (Wildman–Crippen LogP) is 5.36. The molecule has 1 aliphatic rings. The number of carboxylic acid groups (broad SMARTS) is 1. The first-order chi connectivity index (χ1) is 16.1. The zero-order valence-corrected chi connectivity index (χ0v) is 18.5. The lowest BCUT2D eigenvalue weighted by molar-refractivity contribution is -0.143. The first-order valence-corrected chi connectivity index (χ1v) is 11.6. The summed E-state index contributed by atoms with van der Waals surface area (Å²) >= 11 is 0. The van der Waals surface area contributed by atoms with E-state index >= 15 is 0 Å². The Balaban J connectivity index is 1.32. The molecule has 2 aromatic carbocycles. The quantitative estimate of drug-likeness (QED) is 0.402. The van der Waals surface area contributed by atoms with Crippen LogP contribution < -0.4 is 5.32 Å². The summed E-state index contributed by atoms with van der Waals surface area (Å²) in [6.07, 6.45) is 7.15. The van der Waals surface area contributed by atoms with Crippen LogP contribution in [-0.2, 0) is 17.9 Å². The molecule has 1 aliphatic carbocycles. The fourth-order valence-electron chi connectivity index (χ4n) is 5.05. The van der Waals surface area contributed by atoms with Crippen molar-refractivity contribution in [2.24, 2.45) is 11.8 Å². The average Bonchev–Trinajstić information content (AvgIpc) is 3.23. The molecule has 1 saturated carbocycles. The van der Waals surface area contributed by atoms with E-state index < -0.39 is 5.97 Å². The molecule has 2 aromatic heterocycles. The summed E-state index contributed by atoms with van der Waals surface area (Å²) in [5.41, 5.74) is 2.49. The number of rotatable bonds is 7. The Hall–Kier alpha value is -3.25. The molecule has 4 aromatic rings. The highest BCUT2D eigenvalue weighted by atomic mass is 19.1. The number of carbonyl (C=O) groups is 1. The van der Waals surface area contributed by atoms with Crippen LogP contribution in [0.5, 0.6) is 0 Å². The molecule has 0 bridgehead atoms. The molecule has 2 heterocycles. The van der Waals surface area contributed by atoms with E-state index in [1.54, 1.807) is 0 Å².